The SMILES string of the molecule is C=CC(C)C/C=C(\C)N1COc2c(C)cc(C)cc2C1. The molecule has 1 aromatic carbocycles. The van der Waals surface area contributed by atoms with Gasteiger partial charge in [-0.15, -0.1) is 6.58 Å². The van der Waals surface area contributed by atoms with Gasteiger partial charge >= 0.3 is 0 Å². The van der Waals surface area contributed by atoms with Crippen LogP contribution in [0.5, 0.6) is 5.75 Å². The van der Waals surface area contributed by atoms with Gasteiger partial charge in [0.1, 0.15) is 5.75 Å². The van der Waals surface area contributed by atoms with E-state index in [0.717, 1.165) is 18.7 Å². The summed E-state index contributed by atoms with van der Waals surface area (Å²) >= 11 is 0. The number of fused-ring (bicyclic) bond motifs is 1. The number of hydrogen-bond donors (Lipinski definition) is 0. The molecule has 0 saturated carbocycles. The first-order valence-corrected chi connectivity index (χ1v) is 7.28. The molecule has 0 N–H and O–H groups in total. The van der Waals surface area contributed by atoms with Crippen LogP contribution in [0.15, 0.2) is 36.6 Å². The zero-order valence-electron chi connectivity index (χ0n) is 13.1. The van der Waals surface area contributed by atoms with Gasteiger partial charge in [0.05, 0.1) is 0 Å². The van der Waals surface area contributed by atoms with Crippen LogP contribution in [-0.2, 0) is 6.54 Å². The van der Waals surface area contributed by atoms with Crippen molar-refractivity contribution in [2.45, 2.75) is 40.7 Å². The monoisotopic (exact) mass is 271 g/mol. The molecule has 108 valence electrons. The largest absolute Gasteiger partial charge is 0.472 e. The van der Waals surface area contributed by atoms with Gasteiger partial charge in [-0.2, -0.15) is 0 Å². The maximum absolute atomic E-state index is 5.94. The molecule has 1 unspecified atom stereocenters. The maximum atomic E-state index is 5.94. The van der Waals surface area contributed by atoms with Gasteiger partial charge in [-0.1, -0.05) is 36.8 Å². The lowest BCUT2D eigenvalue weighted by Crippen LogP contribution is -2.31. The molecular weight excluding hydrogens is 246 g/mol. The Hall–Kier alpha value is -1.70. The van der Waals surface area contributed by atoms with Crippen molar-refractivity contribution < 1.29 is 4.74 Å². The van der Waals surface area contributed by atoms with Crippen molar-refractivity contribution in [1.82, 2.24) is 4.90 Å². The van der Waals surface area contributed by atoms with Crippen LogP contribution in [0.4, 0.5) is 0 Å². The Labute approximate surface area is 122 Å². The summed E-state index contributed by atoms with van der Waals surface area (Å²) in [4.78, 5) is 2.29. The van der Waals surface area contributed by atoms with Crippen molar-refractivity contribution >= 4 is 0 Å². The van der Waals surface area contributed by atoms with Crippen LogP contribution in [-0.4, -0.2) is 11.6 Å². The third-order valence-electron chi connectivity index (χ3n) is 3.91. The van der Waals surface area contributed by atoms with Crippen molar-refractivity contribution in [3.8, 4) is 5.75 Å². The maximum Gasteiger partial charge on any atom is 0.161 e. The van der Waals surface area contributed by atoms with Gasteiger partial charge in [0.2, 0.25) is 0 Å². The second kappa shape index (κ2) is 6.17. The lowest BCUT2D eigenvalue weighted by molar-refractivity contribution is 0.127. The summed E-state index contributed by atoms with van der Waals surface area (Å²) in [5.41, 5.74) is 5.11. The van der Waals surface area contributed by atoms with E-state index in [2.05, 4.69) is 57.4 Å². The molecule has 20 heavy (non-hydrogen) atoms. The van der Waals surface area contributed by atoms with Gasteiger partial charge in [0.25, 0.3) is 0 Å². The van der Waals surface area contributed by atoms with E-state index in [1.54, 1.807) is 0 Å². The molecule has 1 heterocycles. The van der Waals surface area contributed by atoms with Crippen molar-refractivity contribution in [1.29, 1.82) is 0 Å². The fourth-order valence-corrected chi connectivity index (χ4v) is 2.57. The molecule has 0 aromatic heterocycles. The molecule has 0 bridgehead atoms. The van der Waals surface area contributed by atoms with E-state index < -0.39 is 0 Å². The van der Waals surface area contributed by atoms with Crippen molar-refractivity contribution in [2.24, 2.45) is 5.92 Å². The van der Waals surface area contributed by atoms with E-state index >= 15 is 0 Å². The molecule has 0 fully saturated rings. The van der Waals surface area contributed by atoms with Crippen LogP contribution in [0.2, 0.25) is 0 Å². The van der Waals surface area contributed by atoms with Gasteiger partial charge < -0.3 is 9.64 Å². The lowest BCUT2D eigenvalue weighted by Gasteiger charge is -2.32. The summed E-state index contributed by atoms with van der Waals surface area (Å²) in [6, 6.07) is 4.41. The minimum atomic E-state index is 0.521. The highest BCUT2D eigenvalue weighted by Crippen LogP contribution is 2.31. The molecule has 0 amide bonds. The first-order chi connectivity index (χ1) is 9.51. The predicted molar refractivity (Wildman–Crippen MR) is 84.7 cm³/mol. The molecule has 2 nitrogen and oxygen atoms in total. The number of nitrogens with zero attached hydrogens (tertiary/aromatic N) is 1. The Morgan fingerprint density at radius 1 is 1.45 bits per heavy atom. The molecule has 0 spiro atoms. The molecule has 2 rings (SSSR count). The first-order valence-electron chi connectivity index (χ1n) is 7.28. The number of ether oxygens (including phenoxy) is 1. The summed E-state index contributed by atoms with van der Waals surface area (Å²) in [6.45, 7) is 14.0. The van der Waals surface area contributed by atoms with Crippen molar-refractivity contribution in [3.05, 3.63) is 53.3 Å². The highest BCUT2D eigenvalue weighted by atomic mass is 16.5. The van der Waals surface area contributed by atoms with Crippen LogP contribution in [0, 0.1) is 19.8 Å². The fraction of sp³-hybridized carbons (Fsp3) is 0.444. The molecule has 1 aliphatic heterocycles. The zero-order chi connectivity index (χ0) is 14.7. The molecule has 0 saturated heterocycles. The molecule has 1 atom stereocenters. The Balaban J connectivity index is 2.12. The van der Waals surface area contributed by atoms with Gasteiger partial charge in [-0.05, 0) is 38.7 Å². The van der Waals surface area contributed by atoms with E-state index in [1.165, 1.54) is 22.4 Å². The van der Waals surface area contributed by atoms with Crippen LogP contribution in [0.1, 0.15) is 37.0 Å². The summed E-state index contributed by atoms with van der Waals surface area (Å²) in [6.07, 6.45) is 5.31. The number of benzene rings is 1. The van der Waals surface area contributed by atoms with E-state index in [9.17, 15) is 0 Å². The normalized spacial score (nSPS) is 16.4. The second-order valence-electron chi connectivity index (χ2n) is 5.84. The van der Waals surface area contributed by atoms with Crippen LogP contribution >= 0.6 is 0 Å². The molecule has 0 aliphatic carbocycles. The van der Waals surface area contributed by atoms with E-state index in [-0.39, 0.29) is 0 Å². The first kappa shape index (κ1) is 14.7. The Kier molecular flexibility index (Phi) is 4.53. The average molecular weight is 271 g/mol. The highest BCUT2D eigenvalue weighted by molar-refractivity contribution is 5.44. The van der Waals surface area contributed by atoms with Gasteiger partial charge in [-0.25, -0.2) is 0 Å². The summed E-state index contributed by atoms with van der Waals surface area (Å²) < 4.78 is 5.94. The van der Waals surface area contributed by atoms with Gasteiger partial charge in [-0.3, -0.25) is 0 Å². The van der Waals surface area contributed by atoms with Gasteiger partial charge in [0, 0.05) is 17.8 Å². The molecule has 1 aromatic rings. The van der Waals surface area contributed by atoms with Crippen LogP contribution in [0.25, 0.3) is 0 Å². The van der Waals surface area contributed by atoms with Crippen LogP contribution < -0.4 is 4.74 Å². The summed E-state index contributed by atoms with van der Waals surface area (Å²) in [5.74, 6) is 1.59. The van der Waals surface area contributed by atoms with Crippen LogP contribution in [0.3, 0.4) is 0 Å². The van der Waals surface area contributed by atoms with Gasteiger partial charge in [0.15, 0.2) is 6.73 Å². The number of aryl methyl sites for hydroxylation is 2. The Morgan fingerprint density at radius 3 is 2.90 bits per heavy atom. The van der Waals surface area contributed by atoms with Crippen molar-refractivity contribution in [3.63, 3.8) is 0 Å². The predicted octanol–water partition coefficient (Wildman–Crippen LogP) is 4.57. The Morgan fingerprint density at radius 2 is 2.20 bits per heavy atom. The third-order valence-corrected chi connectivity index (χ3v) is 3.91. The zero-order valence-corrected chi connectivity index (χ0v) is 13.1. The summed E-state index contributed by atoms with van der Waals surface area (Å²) in [7, 11) is 0. The topological polar surface area (TPSA) is 12.5 Å². The fourth-order valence-electron chi connectivity index (χ4n) is 2.57. The van der Waals surface area contributed by atoms with Crippen molar-refractivity contribution in [2.75, 3.05) is 6.73 Å². The standard InChI is InChI=1S/C18H25NO/c1-6-13(2)7-8-16(5)19-11-17-10-14(3)9-15(4)18(17)20-12-19/h6,8-10,13H,1,7,11-12H2,2-5H3/b16-8+. The average Bonchev–Trinajstić information content (AvgIpc) is 2.43. The van der Waals surface area contributed by atoms with E-state index in [1.807, 2.05) is 6.08 Å². The number of allylic oxidation sites excluding steroid dienone is 3. The lowest BCUT2D eigenvalue weighted by atomic mass is 10.0. The molecular formula is C18H25NO. The second-order valence-corrected chi connectivity index (χ2v) is 5.84. The molecule has 1 aliphatic rings. The smallest absolute Gasteiger partial charge is 0.161 e. The van der Waals surface area contributed by atoms with E-state index in [0.29, 0.717) is 12.6 Å². The molecule has 2 heteroatoms. The minimum absolute atomic E-state index is 0.521. The summed E-state index contributed by atoms with van der Waals surface area (Å²) in [5, 5.41) is 0. The Bertz CT molecular complexity index is 530. The number of rotatable bonds is 4. The quantitative estimate of drug-likeness (QED) is 0.744. The third kappa shape index (κ3) is 3.24. The highest BCUT2D eigenvalue weighted by Gasteiger charge is 2.19. The minimum Gasteiger partial charge on any atom is -0.472 e. The van der Waals surface area contributed by atoms with E-state index in [4.69, 9.17) is 4.74 Å². The molecule has 0 radical (unpaired) electrons. The number of hydrogen-bond acceptors (Lipinski definition) is 2.